The minimum Gasteiger partial charge on any atom is -0.508 e. The van der Waals surface area contributed by atoms with Crippen molar-refractivity contribution in [3.63, 3.8) is 0 Å². The van der Waals surface area contributed by atoms with Crippen LogP contribution in [0.3, 0.4) is 0 Å². The highest BCUT2D eigenvalue weighted by atomic mass is 19.1. The lowest BCUT2D eigenvalue weighted by Gasteiger charge is -2.50. The van der Waals surface area contributed by atoms with Crippen LogP contribution in [0.5, 0.6) is 5.75 Å². The Hall–Kier alpha value is -2.76. The summed E-state index contributed by atoms with van der Waals surface area (Å²) in [6.45, 7) is 2.60. The molecule has 5 rings (SSSR count). The second-order valence-electron chi connectivity index (χ2n) is 10.9. The number of fused-ring (bicyclic) bond motifs is 5. The molecular formula is C29H33F2NO3. The van der Waals surface area contributed by atoms with Gasteiger partial charge < -0.3 is 10.4 Å². The Bertz CT molecular complexity index is 1150. The van der Waals surface area contributed by atoms with Crippen LogP contribution >= 0.6 is 0 Å². The average molecular weight is 482 g/mol. The molecule has 0 aromatic heterocycles. The summed E-state index contributed by atoms with van der Waals surface area (Å²) in [6.07, 6.45) is 7.18. The van der Waals surface area contributed by atoms with Gasteiger partial charge in [-0.25, -0.2) is 8.78 Å². The van der Waals surface area contributed by atoms with Crippen molar-refractivity contribution >= 4 is 11.7 Å². The third-order valence-electron chi connectivity index (χ3n) is 9.02. The molecule has 3 aliphatic carbocycles. The number of Topliss-reactive ketones (excluding diaryl/α,β-unsaturated/α-hetero) is 1. The van der Waals surface area contributed by atoms with E-state index in [-0.39, 0.29) is 11.0 Å². The van der Waals surface area contributed by atoms with Crippen LogP contribution in [0.25, 0.3) is 0 Å². The Kier molecular flexibility index (Phi) is 6.41. The number of hydrogen-bond donors (Lipinski definition) is 2. The number of benzene rings is 2. The summed E-state index contributed by atoms with van der Waals surface area (Å²) < 4.78 is 26.9. The smallest absolute Gasteiger partial charge is 0.254 e. The summed E-state index contributed by atoms with van der Waals surface area (Å²) in [4.78, 5) is 25.4. The lowest BCUT2D eigenvalue weighted by atomic mass is 9.54. The normalized spacial score (nSPS) is 29.3. The molecule has 2 fully saturated rings. The van der Waals surface area contributed by atoms with Crippen LogP contribution in [-0.2, 0) is 11.2 Å². The van der Waals surface area contributed by atoms with E-state index >= 15 is 0 Å². The molecule has 2 aromatic rings. The second kappa shape index (κ2) is 9.36. The van der Waals surface area contributed by atoms with Crippen molar-refractivity contribution in [2.75, 3.05) is 6.54 Å². The van der Waals surface area contributed by atoms with E-state index in [1.807, 2.05) is 6.07 Å². The fraction of sp³-hybridized carbons (Fsp3) is 0.517. The number of aryl methyl sites for hydroxylation is 1. The predicted octanol–water partition coefficient (Wildman–Crippen LogP) is 5.92. The van der Waals surface area contributed by atoms with Crippen LogP contribution in [0.2, 0.25) is 0 Å². The lowest BCUT2D eigenvalue weighted by Crippen LogP contribution is -2.44. The van der Waals surface area contributed by atoms with E-state index in [4.69, 9.17) is 0 Å². The predicted molar refractivity (Wildman–Crippen MR) is 129 cm³/mol. The molecule has 6 heteroatoms. The van der Waals surface area contributed by atoms with E-state index in [9.17, 15) is 23.5 Å². The van der Waals surface area contributed by atoms with Crippen molar-refractivity contribution in [3.8, 4) is 5.75 Å². The van der Waals surface area contributed by atoms with Crippen molar-refractivity contribution in [1.82, 2.24) is 5.32 Å². The van der Waals surface area contributed by atoms with Crippen LogP contribution in [-0.4, -0.2) is 23.3 Å². The first-order valence-electron chi connectivity index (χ1n) is 12.9. The van der Waals surface area contributed by atoms with Crippen molar-refractivity contribution in [2.45, 2.75) is 64.2 Å². The van der Waals surface area contributed by atoms with Gasteiger partial charge in [-0.15, -0.1) is 0 Å². The fourth-order valence-corrected chi connectivity index (χ4v) is 7.40. The van der Waals surface area contributed by atoms with Crippen LogP contribution in [0.4, 0.5) is 8.78 Å². The van der Waals surface area contributed by atoms with Crippen molar-refractivity contribution < 1.29 is 23.5 Å². The number of aromatic hydroxyl groups is 1. The molecule has 2 N–H and O–H groups in total. The minimum atomic E-state index is -0.859. The Morgan fingerprint density at radius 2 is 1.97 bits per heavy atom. The van der Waals surface area contributed by atoms with Gasteiger partial charge in [0.15, 0.2) is 0 Å². The molecule has 0 saturated heterocycles. The fourth-order valence-electron chi connectivity index (χ4n) is 7.40. The molecule has 186 valence electrons. The monoisotopic (exact) mass is 481 g/mol. The van der Waals surface area contributed by atoms with Gasteiger partial charge in [0, 0.05) is 24.4 Å². The number of unbranched alkanes of at least 4 members (excludes halogenated alkanes) is 1. The van der Waals surface area contributed by atoms with E-state index < -0.39 is 17.5 Å². The topological polar surface area (TPSA) is 66.4 Å². The van der Waals surface area contributed by atoms with Gasteiger partial charge in [0.2, 0.25) is 0 Å². The Balaban J connectivity index is 1.20. The quantitative estimate of drug-likeness (QED) is 0.503. The summed E-state index contributed by atoms with van der Waals surface area (Å²) in [7, 11) is 0. The van der Waals surface area contributed by atoms with Crippen molar-refractivity contribution in [2.24, 2.45) is 23.2 Å². The molecule has 2 aromatic carbocycles. The number of halogens is 2. The molecule has 35 heavy (non-hydrogen) atoms. The van der Waals surface area contributed by atoms with Gasteiger partial charge in [0.05, 0.1) is 5.56 Å². The van der Waals surface area contributed by atoms with Gasteiger partial charge in [-0.1, -0.05) is 19.4 Å². The molecule has 1 amide bonds. The van der Waals surface area contributed by atoms with Gasteiger partial charge in [0.25, 0.3) is 5.91 Å². The number of nitrogens with one attached hydrogen (secondary N) is 1. The molecule has 0 aliphatic heterocycles. The van der Waals surface area contributed by atoms with Crippen LogP contribution in [0.15, 0.2) is 36.4 Å². The Morgan fingerprint density at radius 3 is 2.77 bits per heavy atom. The highest BCUT2D eigenvalue weighted by Crippen LogP contribution is 2.62. The molecular weight excluding hydrogens is 448 g/mol. The van der Waals surface area contributed by atoms with Gasteiger partial charge in [-0.05, 0) is 97.6 Å². The molecule has 1 unspecified atom stereocenters. The van der Waals surface area contributed by atoms with Gasteiger partial charge in [0.1, 0.15) is 23.2 Å². The SMILES string of the molecule is C[C@]12CC[C@@H]3c4ccc(O)cc4CC[C@H]3[C@@H]1C(CCCCNC(=O)c1ccc(F)cc1F)CC2=O. The van der Waals surface area contributed by atoms with Crippen molar-refractivity contribution in [3.05, 3.63) is 64.7 Å². The molecule has 5 atom stereocenters. The van der Waals surface area contributed by atoms with Gasteiger partial charge in [-0.3, -0.25) is 9.59 Å². The summed E-state index contributed by atoms with van der Waals surface area (Å²) in [6, 6.07) is 8.74. The molecule has 0 radical (unpaired) electrons. The molecule has 2 saturated carbocycles. The first kappa shape index (κ1) is 24.0. The number of rotatable bonds is 6. The maximum absolute atomic E-state index is 13.8. The number of hydrogen-bond acceptors (Lipinski definition) is 3. The number of amides is 1. The van der Waals surface area contributed by atoms with Crippen LogP contribution in [0.1, 0.15) is 79.3 Å². The van der Waals surface area contributed by atoms with Crippen LogP contribution < -0.4 is 5.32 Å². The number of phenolic OH excluding ortho intramolecular Hbond substituents is 1. The largest absolute Gasteiger partial charge is 0.508 e. The first-order valence-corrected chi connectivity index (χ1v) is 12.9. The highest BCUT2D eigenvalue weighted by molar-refractivity contribution is 5.94. The summed E-state index contributed by atoms with van der Waals surface area (Å²) in [5.41, 5.74) is 2.22. The zero-order chi connectivity index (χ0) is 24.7. The number of ketones is 1. The molecule has 4 nitrogen and oxygen atoms in total. The summed E-state index contributed by atoms with van der Waals surface area (Å²) >= 11 is 0. The molecule has 0 spiro atoms. The first-order chi connectivity index (χ1) is 16.8. The third kappa shape index (κ3) is 4.36. The molecule has 3 aliphatic rings. The maximum atomic E-state index is 13.8. The average Bonchev–Trinajstić information content (AvgIpc) is 3.08. The van der Waals surface area contributed by atoms with Gasteiger partial charge >= 0.3 is 0 Å². The summed E-state index contributed by atoms with van der Waals surface area (Å²) in [5.74, 6) is 0.299. The summed E-state index contributed by atoms with van der Waals surface area (Å²) in [5, 5.41) is 12.6. The third-order valence-corrected chi connectivity index (χ3v) is 9.02. The Labute approximate surface area is 205 Å². The standard InChI is InChI=1S/C29H33F2NO3/c1-29-12-11-22-21-10-7-20(33)14-17(21)5-8-23(22)27(29)18(15-26(29)34)4-2-3-13-32-28(35)24-9-6-19(30)16-25(24)31/h6-7,9-10,14,16,18,22-23,27,33H,2-5,8,11-13,15H2,1H3,(H,32,35)/t18?,22-,23-,27+,29-/m1/s1. The Morgan fingerprint density at radius 1 is 1.14 bits per heavy atom. The van der Waals surface area contributed by atoms with E-state index in [1.165, 1.54) is 11.1 Å². The zero-order valence-corrected chi connectivity index (χ0v) is 20.2. The number of phenols is 1. The lowest BCUT2D eigenvalue weighted by molar-refractivity contribution is -0.129. The second-order valence-corrected chi connectivity index (χ2v) is 10.9. The van der Waals surface area contributed by atoms with E-state index in [2.05, 4.69) is 18.3 Å². The van der Waals surface area contributed by atoms with Gasteiger partial charge in [-0.2, -0.15) is 0 Å². The highest BCUT2D eigenvalue weighted by Gasteiger charge is 2.58. The molecule has 0 heterocycles. The van der Waals surface area contributed by atoms with E-state index in [1.54, 1.807) is 6.07 Å². The maximum Gasteiger partial charge on any atom is 0.254 e. The number of carbonyl (C=O) groups is 2. The zero-order valence-electron chi connectivity index (χ0n) is 20.2. The van der Waals surface area contributed by atoms with E-state index in [0.29, 0.717) is 54.2 Å². The molecule has 0 bridgehead atoms. The van der Waals surface area contributed by atoms with Crippen molar-refractivity contribution in [1.29, 1.82) is 0 Å². The van der Waals surface area contributed by atoms with Crippen LogP contribution in [0, 0.1) is 34.8 Å². The minimum absolute atomic E-state index is 0.150. The number of carbonyl (C=O) groups excluding carboxylic acids is 2. The van der Waals surface area contributed by atoms with E-state index in [0.717, 1.165) is 57.1 Å².